The van der Waals surface area contributed by atoms with E-state index in [-0.39, 0.29) is 18.6 Å². The number of amides is 1. The Morgan fingerprint density at radius 1 is 1.42 bits per heavy atom. The molecule has 2 heterocycles. The van der Waals surface area contributed by atoms with Gasteiger partial charge in [-0.1, -0.05) is 24.4 Å². The molecule has 3 N–H and O–H groups in total. The van der Waals surface area contributed by atoms with Crippen molar-refractivity contribution in [3.8, 4) is 0 Å². The minimum atomic E-state index is -0.263. The largest absolute Gasteiger partial charge is 0.394 e. The number of hydrogen-bond donors (Lipinski definition) is 3. The van der Waals surface area contributed by atoms with Gasteiger partial charge in [0, 0.05) is 0 Å². The first kappa shape index (κ1) is 16.5. The molecule has 0 aliphatic carbocycles. The molecule has 0 spiro atoms. The molecule has 2 aromatic rings. The molecule has 1 aromatic heterocycles. The van der Waals surface area contributed by atoms with Crippen LogP contribution in [0, 0.1) is 5.92 Å². The van der Waals surface area contributed by atoms with Crippen LogP contribution in [-0.2, 0) is 4.79 Å². The fourth-order valence-corrected chi connectivity index (χ4v) is 3.13. The van der Waals surface area contributed by atoms with Gasteiger partial charge in [0.2, 0.25) is 5.96 Å². The number of nitrogens with one attached hydrogen (secondary N) is 2. The number of nitrogens with zero attached hydrogens (tertiary/aromatic N) is 3. The van der Waals surface area contributed by atoms with Gasteiger partial charge in [-0.15, -0.1) is 5.10 Å². The molecular weight excluding hydrogens is 326 g/mol. The van der Waals surface area contributed by atoms with Gasteiger partial charge in [-0.25, -0.2) is 4.99 Å². The van der Waals surface area contributed by atoms with E-state index in [0.29, 0.717) is 17.6 Å². The van der Waals surface area contributed by atoms with Gasteiger partial charge in [-0.3, -0.25) is 10.1 Å². The highest BCUT2D eigenvalue weighted by atomic mass is 32.1. The number of aliphatic hydroxyl groups is 1. The van der Waals surface area contributed by atoms with Crippen LogP contribution in [0.25, 0.3) is 16.3 Å². The second-order valence-electron chi connectivity index (χ2n) is 6.10. The summed E-state index contributed by atoms with van der Waals surface area (Å²) in [5.74, 6) is 0.551. The van der Waals surface area contributed by atoms with Crippen molar-refractivity contribution in [3.63, 3.8) is 0 Å². The zero-order valence-electron chi connectivity index (χ0n) is 13.5. The third kappa shape index (κ3) is 3.77. The average Bonchev–Trinajstić information content (AvgIpc) is 3.12. The Morgan fingerprint density at radius 3 is 3.00 bits per heavy atom. The van der Waals surface area contributed by atoms with Crippen LogP contribution in [0.1, 0.15) is 25.8 Å². The Hall–Kier alpha value is -2.32. The number of carbonyl (C=O) groups is 1. The summed E-state index contributed by atoms with van der Waals surface area (Å²) in [5, 5.41) is 19.2. The van der Waals surface area contributed by atoms with Crippen molar-refractivity contribution < 1.29 is 9.90 Å². The standard InChI is InChI=1S/C16H19N5O2S/c1-9(2)5-11(8-22)17-16-18-13(15(23)19-16)6-10-3-4-12-14(7-10)24-21-20-12/h3-4,6-7,9,11,22H,5,8H2,1-2H3,(H2,17,18,19,23)/b13-6-/t11-/m1/s1. The molecule has 0 fully saturated rings. The topological polar surface area (TPSA) is 99.5 Å². The number of guanidine groups is 1. The monoisotopic (exact) mass is 345 g/mol. The van der Waals surface area contributed by atoms with Crippen LogP contribution in [0.2, 0.25) is 0 Å². The summed E-state index contributed by atoms with van der Waals surface area (Å²) in [6.45, 7) is 4.14. The number of aliphatic imine (C=N–C) groups is 1. The molecule has 1 amide bonds. The first-order valence-electron chi connectivity index (χ1n) is 7.76. The van der Waals surface area contributed by atoms with Gasteiger partial charge in [0.25, 0.3) is 5.91 Å². The van der Waals surface area contributed by atoms with Crippen LogP contribution in [-0.4, -0.2) is 39.2 Å². The van der Waals surface area contributed by atoms with Gasteiger partial charge in [-0.05, 0) is 47.6 Å². The minimum absolute atomic E-state index is 0.0127. The van der Waals surface area contributed by atoms with Crippen molar-refractivity contribution in [2.75, 3.05) is 6.61 Å². The van der Waals surface area contributed by atoms with Crippen molar-refractivity contribution in [3.05, 3.63) is 29.5 Å². The quantitative estimate of drug-likeness (QED) is 0.714. The highest BCUT2D eigenvalue weighted by Crippen LogP contribution is 2.20. The molecule has 1 aromatic carbocycles. The summed E-state index contributed by atoms with van der Waals surface area (Å²) < 4.78 is 4.86. The molecule has 0 bridgehead atoms. The van der Waals surface area contributed by atoms with E-state index >= 15 is 0 Å². The predicted octanol–water partition coefficient (Wildman–Crippen LogP) is 1.51. The summed E-state index contributed by atoms with van der Waals surface area (Å²) in [5.41, 5.74) is 2.03. The van der Waals surface area contributed by atoms with Gasteiger partial charge in [-0.2, -0.15) is 0 Å². The molecule has 0 radical (unpaired) electrons. The summed E-state index contributed by atoms with van der Waals surface area (Å²) in [6.07, 6.45) is 2.51. The predicted molar refractivity (Wildman–Crippen MR) is 94.4 cm³/mol. The van der Waals surface area contributed by atoms with Crippen LogP contribution in [0.15, 0.2) is 28.9 Å². The number of aromatic nitrogens is 2. The van der Waals surface area contributed by atoms with Crippen molar-refractivity contribution in [1.82, 2.24) is 20.2 Å². The van der Waals surface area contributed by atoms with E-state index < -0.39 is 0 Å². The van der Waals surface area contributed by atoms with E-state index in [9.17, 15) is 9.90 Å². The fourth-order valence-electron chi connectivity index (χ4n) is 2.52. The van der Waals surface area contributed by atoms with Crippen LogP contribution in [0.4, 0.5) is 0 Å². The third-order valence-electron chi connectivity index (χ3n) is 3.59. The van der Waals surface area contributed by atoms with E-state index in [0.717, 1.165) is 22.2 Å². The van der Waals surface area contributed by atoms with Crippen LogP contribution in [0.3, 0.4) is 0 Å². The third-order valence-corrected chi connectivity index (χ3v) is 4.28. The lowest BCUT2D eigenvalue weighted by molar-refractivity contribution is -0.115. The van der Waals surface area contributed by atoms with Gasteiger partial charge in [0.15, 0.2) is 0 Å². The van der Waals surface area contributed by atoms with E-state index in [1.54, 1.807) is 6.08 Å². The molecule has 0 unspecified atom stereocenters. The van der Waals surface area contributed by atoms with Crippen LogP contribution >= 0.6 is 11.5 Å². The molecule has 1 atom stereocenters. The van der Waals surface area contributed by atoms with Crippen LogP contribution < -0.4 is 10.6 Å². The summed E-state index contributed by atoms with van der Waals surface area (Å²) in [4.78, 5) is 16.4. The molecule has 1 aliphatic heterocycles. The first-order valence-corrected chi connectivity index (χ1v) is 8.53. The van der Waals surface area contributed by atoms with Crippen molar-refractivity contribution in [2.24, 2.45) is 10.9 Å². The Bertz CT molecular complexity index is 812. The second kappa shape index (κ2) is 7.06. The number of hydrogen-bond acceptors (Lipinski definition) is 7. The lowest BCUT2D eigenvalue weighted by Crippen LogP contribution is -2.44. The smallest absolute Gasteiger partial charge is 0.276 e. The molecule has 126 valence electrons. The summed E-state index contributed by atoms with van der Waals surface area (Å²) in [6, 6.07) is 5.53. The van der Waals surface area contributed by atoms with Crippen molar-refractivity contribution in [2.45, 2.75) is 26.3 Å². The Morgan fingerprint density at radius 2 is 2.25 bits per heavy atom. The van der Waals surface area contributed by atoms with E-state index in [2.05, 4.69) is 39.1 Å². The second-order valence-corrected chi connectivity index (χ2v) is 6.88. The van der Waals surface area contributed by atoms with E-state index in [1.165, 1.54) is 11.5 Å². The summed E-state index contributed by atoms with van der Waals surface area (Å²) >= 11 is 1.31. The molecule has 24 heavy (non-hydrogen) atoms. The lowest BCUT2D eigenvalue weighted by Gasteiger charge is -2.18. The zero-order valence-corrected chi connectivity index (χ0v) is 14.3. The molecule has 1 aliphatic rings. The maximum atomic E-state index is 12.1. The SMILES string of the molecule is CC(C)C[C@H](CO)NC1=N/C(=C\c2ccc3nnsc3c2)C(=O)N1. The number of fused-ring (bicyclic) bond motifs is 1. The molecular formula is C16H19N5O2S. The zero-order chi connectivity index (χ0) is 17.1. The van der Waals surface area contributed by atoms with E-state index in [4.69, 9.17) is 0 Å². The Balaban J connectivity index is 1.77. The van der Waals surface area contributed by atoms with Gasteiger partial charge < -0.3 is 10.4 Å². The maximum absolute atomic E-state index is 12.1. The molecule has 8 heteroatoms. The molecule has 7 nitrogen and oxygen atoms in total. The average molecular weight is 345 g/mol. The molecule has 0 saturated heterocycles. The maximum Gasteiger partial charge on any atom is 0.276 e. The minimum Gasteiger partial charge on any atom is -0.394 e. The first-order chi connectivity index (χ1) is 11.5. The van der Waals surface area contributed by atoms with Gasteiger partial charge in [0.05, 0.1) is 17.3 Å². The van der Waals surface area contributed by atoms with Crippen molar-refractivity contribution in [1.29, 1.82) is 0 Å². The number of carbonyl (C=O) groups excluding carboxylic acids is 1. The fraction of sp³-hybridized carbons (Fsp3) is 0.375. The Kier molecular flexibility index (Phi) is 4.86. The highest BCUT2D eigenvalue weighted by molar-refractivity contribution is 7.12. The van der Waals surface area contributed by atoms with Gasteiger partial charge >= 0.3 is 0 Å². The highest BCUT2D eigenvalue weighted by Gasteiger charge is 2.22. The molecule has 3 rings (SSSR count). The van der Waals surface area contributed by atoms with Gasteiger partial charge in [0.1, 0.15) is 11.2 Å². The summed E-state index contributed by atoms with van der Waals surface area (Å²) in [7, 11) is 0. The number of benzene rings is 1. The van der Waals surface area contributed by atoms with Crippen LogP contribution in [0.5, 0.6) is 0 Å². The lowest BCUT2D eigenvalue weighted by atomic mass is 10.0. The number of rotatable bonds is 5. The normalized spacial score (nSPS) is 17.4. The molecule has 0 saturated carbocycles. The Labute approximate surface area is 143 Å². The van der Waals surface area contributed by atoms with E-state index in [1.807, 2.05) is 18.2 Å². The van der Waals surface area contributed by atoms with Crippen molar-refractivity contribution >= 4 is 39.7 Å². The number of aliphatic hydroxyl groups excluding tert-OH is 1.